The van der Waals surface area contributed by atoms with Crippen LogP contribution < -0.4 is 10.6 Å². The van der Waals surface area contributed by atoms with Crippen LogP contribution in [0.25, 0.3) is 0 Å². The molecule has 104 valence electrons. The van der Waals surface area contributed by atoms with Crippen LogP contribution in [0.5, 0.6) is 0 Å². The van der Waals surface area contributed by atoms with Gasteiger partial charge in [-0.15, -0.1) is 0 Å². The average molecular weight is 297 g/mol. The van der Waals surface area contributed by atoms with Gasteiger partial charge in [-0.05, 0) is 42.5 Å². The molecule has 0 aliphatic carbocycles. The van der Waals surface area contributed by atoms with Crippen LogP contribution in [0.15, 0.2) is 42.5 Å². The molecular weight excluding hydrogens is 286 g/mol. The van der Waals surface area contributed by atoms with Crippen molar-refractivity contribution in [3.05, 3.63) is 59.1 Å². The molecule has 6 heteroatoms. The SMILES string of the molecule is O=C(CNc1cc(F)ccc1F)Nc1ccc(Cl)cc1. The molecule has 0 saturated heterocycles. The number of rotatable bonds is 4. The summed E-state index contributed by atoms with van der Waals surface area (Å²) < 4.78 is 26.3. The predicted molar refractivity (Wildman–Crippen MR) is 74.9 cm³/mol. The number of hydrogen-bond acceptors (Lipinski definition) is 2. The van der Waals surface area contributed by atoms with E-state index in [9.17, 15) is 13.6 Å². The van der Waals surface area contributed by atoms with Crippen LogP contribution in [-0.2, 0) is 4.79 Å². The average Bonchev–Trinajstić information content (AvgIpc) is 2.42. The standard InChI is InChI=1S/C14H11ClF2N2O/c15-9-1-4-11(5-2-9)19-14(20)8-18-13-7-10(16)3-6-12(13)17/h1-7,18H,8H2,(H,19,20). The normalized spacial score (nSPS) is 10.2. The summed E-state index contributed by atoms with van der Waals surface area (Å²) >= 11 is 5.72. The van der Waals surface area contributed by atoms with Crippen molar-refractivity contribution >= 4 is 28.9 Å². The van der Waals surface area contributed by atoms with Gasteiger partial charge in [0.1, 0.15) is 11.6 Å². The number of carbonyl (C=O) groups is 1. The Kier molecular flexibility index (Phi) is 4.53. The summed E-state index contributed by atoms with van der Waals surface area (Å²) in [4.78, 5) is 11.6. The minimum absolute atomic E-state index is 0.0590. The Labute approximate surface area is 119 Å². The first-order valence-electron chi connectivity index (χ1n) is 5.79. The van der Waals surface area contributed by atoms with E-state index in [1.807, 2.05) is 0 Å². The van der Waals surface area contributed by atoms with Gasteiger partial charge < -0.3 is 10.6 Å². The molecule has 1 amide bonds. The van der Waals surface area contributed by atoms with E-state index in [0.29, 0.717) is 10.7 Å². The van der Waals surface area contributed by atoms with E-state index in [1.54, 1.807) is 24.3 Å². The van der Waals surface area contributed by atoms with Crippen LogP contribution in [0.2, 0.25) is 5.02 Å². The van der Waals surface area contributed by atoms with Crippen LogP contribution >= 0.6 is 11.6 Å². The van der Waals surface area contributed by atoms with Gasteiger partial charge in [0, 0.05) is 10.7 Å². The summed E-state index contributed by atoms with van der Waals surface area (Å²) in [5.41, 5.74) is 0.511. The monoisotopic (exact) mass is 296 g/mol. The van der Waals surface area contributed by atoms with Crippen molar-refractivity contribution < 1.29 is 13.6 Å². The second-order valence-electron chi connectivity index (χ2n) is 4.03. The van der Waals surface area contributed by atoms with Gasteiger partial charge in [-0.3, -0.25) is 4.79 Å². The van der Waals surface area contributed by atoms with Crippen molar-refractivity contribution in [2.24, 2.45) is 0 Å². The molecule has 0 fully saturated rings. The van der Waals surface area contributed by atoms with Gasteiger partial charge in [0.2, 0.25) is 5.91 Å². The van der Waals surface area contributed by atoms with Crippen molar-refractivity contribution in [3.8, 4) is 0 Å². The number of anilines is 2. The highest BCUT2D eigenvalue weighted by Crippen LogP contribution is 2.15. The van der Waals surface area contributed by atoms with E-state index in [0.717, 1.165) is 18.2 Å². The lowest BCUT2D eigenvalue weighted by molar-refractivity contribution is -0.114. The number of hydrogen-bond donors (Lipinski definition) is 2. The molecule has 0 saturated carbocycles. The first kappa shape index (κ1) is 14.3. The summed E-state index contributed by atoms with van der Waals surface area (Å²) in [7, 11) is 0. The third kappa shape index (κ3) is 3.93. The molecule has 2 aromatic carbocycles. The maximum absolute atomic E-state index is 13.3. The van der Waals surface area contributed by atoms with Crippen molar-refractivity contribution in [3.63, 3.8) is 0 Å². The van der Waals surface area contributed by atoms with E-state index >= 15 is 0 Å². The first-order valence-corrected chi connectivity index (χ1v) is 6.17. The van der Waals surface area contributed by atoms with Crippen molar-refractivity contribution in [2.45, 2.75) is 0 Å². The maximum Gasteiger partial charge on any atom is 0.243 e. The molecule has 0 radical (unpaired) electrons. The molecule has 0 heterocycles. The number of halogens is 3. The third-order valence-electron chi connectivity index (χ3n) is 2.50. The Morgan fingerprint density at radius 2 is 1.80 bits per heavy atom. The molecule has 0 aliphatic heterocycles. The summed E-state index contributed by atoms with van der Waals surface area (Å²) in [6, 6.07) is 9.55. The van der Waals surface area contributed by atoms with Crippen LogP contribution in [0, 0.1) is 11.6 Å². The summed E-state index contributed by atoms with van der Waals surface area (Å²) in [5, 5.41) is 5.69. The summed E-state index contributed by atoms with van der Waals surface area (Å²) in [6.07, 6.45) is 0. The van der Waals surface area contributed by atoms with Gasteiger partial charge in [-0.2, -0.15) is 0 Å². The van der Waals surface area contributed by atoms with Gasteiger partial charge in [0.15, 0.2) is 0 Å². The summed E-state index contributed by atoms with van der Waals surface area (Å²) in [5.74, 6) is -1.58. The second-order valence-corrected chi connectivity index (χ2v) is 4.47. The molecule has 2 rings (SSSR count). The lowest BCUT2D eigenvalue weighted by Crippen LogP contribution is -2.22. The highest BCUT2D eigenvalue weighted by molar-refractivity contribution is 6.30. The smallest absolute Gasteiger partial charge is 0.243 e. The van der Waals surface area contributed by atoms with Crippen LogP contribution in [0.4, 0.5) is 20.2 Å². The molecule has 20 heavy (non-hydrogen) atoms. The fourth-order valence-electron chi connectivity index (χ4n) is 1.55. The highest BCUT2D eigenvalue weighted by Gasteiger charge is 2.06. The Morgan fingerprint density at radius 3 is 2.50 bits per heavy atom. The van der Waals surface area contributed by atoms with Gasteiger partial charge in [-0.25, -0.2) is 8.78 Å². The lowest BCUT2D eigenvalue weighted by atomic mass is 10.3. The Bertz CT molecular complexity index is 617. The number of carbonyl (C=O) groups excluding carboxylic acids is 1. The molecule has 0 bridgehead atoms. The molecule has 3 nitrogen and oxygen atoms in total. The van der Waals surface area contributed by atoms with Crippen LogP contribution in [0.1, 0.15) is 0 Å². The van der Waals surface area contributed by atoms with Crippen molar-refractivity contribution in [2.75, 3.05) is 17.2 Å². The number of amides is 1. The topological polar surface area (TPSA) is 41.1 Å². The van der Waals surface area contributed by atoms with Gasteiger partial charge in [0.25, 0.3) is 0 Å². The van der Waals surface area contributed by atoms with E-state index in [1.165, 1.54) is 0 Å². The predicted octanol–water partition coefficient (Wildman–Crippen LogP) is 3.67. The van der Waals surface area contributed by atoms with Gasteiger partial charge in [0.05, 0.1) is 12.2 Å². The molecule has 0 atom stereocenters. The van der Waals surface area contributed by atoms with Crippen LogP contribution in [-0.4, -0.2) is 12.5 Å². The van der Waals surface area contributed by atoms with Crippen molar-refractivity contribution in [1.82, 2.24) is 0 Å². The molecule has 0 unspecified atom stereocenters. The number of nitrogens with one attached hydrogen (secondary N) is 2. The van der Waals surface area contributed by atoms with Gasteiger partial charge in [-0.1, -0.05) is 11.6 Å². The van der Waals surface area contributed by atoms with E-state index in [4.69, 9.17) is 11.6 Å². The molecule has 0 aliphatic rings. The second kappa shape index (κ2) is 6.34. The van der Waals surface area contributed by atoms with E-state index in [2.05, 4.69) is 10.6 Å². The Balaban J connectivity index is 1.92. The molecule has 0 spiro atoms. The Hall–Kier alpha value is -2.14. The molecule has 2 N–H and O–H groups in total. The Morgan fingerprint density at radius 1 is 1.10 bits per heavy atom. The molecular formula is C14H11ClF2N2O. The van der Waals surface area contributed by atoms with Crippen molar-refractivity contribution in [1.29, 1.82) is 0 Å². The summed E-state index contributed by atoms with van der Waals surface area (Å²) in [6.45, 7) is -0.178. The highest BCUT2D eigenvalue weighted by atomic mass is 35.5. The largest absolute Gasteiger partial charge is 0.374 e. The van der Waals surface area contributed by atoms with Gasteiger partial charge >= 0.3 is 0 Å². The fraction of sp³-hybridized carbons (Fsp3) is 0.0714. The third-order valence-corrected chi connectivity index (χ3v) is 2.75. The quantitative estimate of drug-likeness (QED) is 0.904. The molecule has 2 aromatic rings. The minimum atomic E-state index is -0.620. The van der Waals surface area contributed by atoms with Crippen LogP contribution in [0.3, 0.4) is 0 Å². The first-order chi connectivity index (χ1) is 9.54. The van der Waals surface area contributed by atoms with E-state index in [-0.39, 0.29) is 18.1 Å². The zero-order valence-electron chi connectivity index (χ0n) is 10.3. The minimum Gasteiger partial charge on any atom is -0.374 e. The zero-order valence-corrected chi connectivity index (χ0v) is 11.0. The number of benzene rings is 2. The maximum atomic E-state index is 13.3. The molecule has 0 aromatic heterocycles. The lowest BCUT2D eigenvalue weighted by Gasteiger charge is -2.08. The van der Waals surface area contributed by atoms with E-state index < -0.39 is 11.6 Å². The zero-order chi connectivity index (χ0) is 14.5. The fourth-order valence-corrected chi connectivity index (χ4v) is 1.67.